The van der Waals surface area contributed by atoms with Crippen LogP contribution in [0.2, 0.25) is 0 Å². The average Bonchev–Trinajstić information content (AvgIpc) is 3.45. The second-order valence-electron chi connectivity index (χ2n) is 10.2. The highest BCUT2D eigenvalue weighted by atomic mass is 32.2. The number of benzene rings is 3. The number of ether oxygens (including phenoxy) is 1. The number of thiazole rings is 1. The van der Waals surface area contributed by atoms with Gasteiger partial charge in [0.25, 0.3) is 15.9 Å². The third-order valence-electron chi connectivity index (χ3n) is 7.39. The highest BCUT2D eigenvalue weighted by Gasteiger charge is 2.26. The Kier molecular flexibility index (Phi) is 9.03. The summed E-state index contributed by atoms with van der Waals surface area (Å²) >= 11 is 1.52. The Hall–Kier alpha value is -3.31. The summed E-state index contributed by atoms with van der Waals surface area (Å²) in [5, 5.41) is 0.655. The number of sulfonamides is 1. The van der Waals surface area contributed by atoms with Crippen LogP contribution in [0.15, 0.2) is 71.6 Å². The summed E-state index contributed by atoms with van der Waals surface area (Å²) in [5.74, 6) is -0.194. The SMILES string of the molecule is CCN(c1ccccc1)S(=O)(=O)c1ccc(C(=O)N(CCCN2CCOCC2)c2nc3c(C)ccc(C)c3s2)cc1. The van der Waals surface area contributed by atoms with Gasteiger partial charge in [-0.15, -0.1) is 0 Å². The van der Waals surface area contributed by atoms with Gasteiger partial charge in [-0.25, -0.2) is 13.4 Å². The van der Waals surface area contributed by atoms with Crippen molar-refractivity contribution in [2.24, 2.45) is 0 Å². The minimum absolute atomic E-state index is 0.143. The molecule has 10 heteroatoms. The minimum Gasteiger partial charge on any atom is -0.379 e. The van der Waals surface area contributed by atoms with Gasteiger partial charge in [-0.1, -0.05) is 41.7 Å². The molecule has 1 amide bonds. The Balaban J connectivity index is 1.42. The number of carbonyl (C=O) groups is 1. The van der Waals surface area contributed by atoms with E-state index in [9.17, 15) is 13.2 Å². The molecule has 0 unspecified atom stereocenters. The van der Waals surface area contributed by atoms with E-state index in [1.807, 2.05) is 25.1 Å². The van der Waals surface area contributed by atoms with E-state index in [4.69, 9.17) is 9.72 Å². The monoisotopic (exact) mass is 592 g/mol. The van der Waals surface area contributed by atoms with Crippen molar-refractivity contribution in [3.05, 3.63) is 83.4 Å². The van der Waals surface area contributed by atoms with Gasteiger partial charge < -0.3 is 4.74 Å². The number of nitrogens with zero attached hydrogens (tertiary/aromatic N) is 4. The third kappa shape index (κ3) is 6.30. The first kappa shape index (κ1) is 29.2. The number of hydrogen-bond donors (Lipinski definition) is 0. The Morgan fingerprint density at radius 3 is 2.32 bits per heavy atom. The van der Waals surface area contributed by atoms with E-state index in [2.05, 4.69) is 24.0 Å². The molecule has 41 heavy (non-hydrogen) atoms. The number of carbonyl (C=O) groups excluding carboxylic acids is 1. The van der Waals surface area contributed by atoms with Crippen molar-refractivity contribution in [1.29, 1.82) is 0 Å². The van der Waals surface area contributed by atoms with Crippen molar-refractivity contribution in [2.45, 2.75) is 32.1 Å². The molecule has 1 aromatic heterocycles. The quantitative estimate of drug-likeness (QED) is 0.242. The smallest absolute Gasteiger partial charge is 0.264 e. The highest BCUT2D eigenvalue weighted by molar-refractivity contribution is 7.92. The summed E-state index contributed by atoms with van der Waals surface area (Å²) in [7, 11) is -3.79. The summed E-state index contributed by atoms with van der Waals surface area (Å²) in [6.45, 7) is 10.8. The van der Waals surface area contributed by atoms with Gasteiger partial charge in [0.2, 0.25) is 0 Å². The molecule has 0 spiro atoms. The van der Waals surface area contributed by atoms with Crippen molar-refractivity contribution in [1.82, 2.24) is 9.88 Å². The number of aryl methyl sites for hydroxylation is 2. The summed E-state index contributed by atoms with van der Waals surface area (Å²) < 4.78 is 34.8. The fraction of sp³-hybridized carbons (Fsp3) is 0.355. The van der Waals surface area contributed by atoms with Crippen LogP contribution in [0.3, 0.4) is 0 Å². The van der Waals surface area contributed by atoms with Gasteiger partial charge in [-0.3, -0.25) is 18.9 Å². The minimum atomic E-state index is -3.79. The van der Waals surface area contributed by atoms with Gasteiger partial charge in [0.1, 0.15) is 0 Å². The number of fused-ring (bicyclic) bond motifs is 1. The van der Waals surface area contributed by atoms with Crippen LogP contribution < -0.4 is 9.21 Å². The lowest BCUT2D eigenvalue weighted by molar-refractivity contribution is 0.0376. The van der Waals surface area contributed by atoms with Crippen molar-refractivity contribution >= 4 is 48.3 Å². The predicted molar refractivity (Wildman–Crippen MR) is 166 cm³/mol. The van der Waals surface area contributed by atoms with E-state index in [1.54, 1.807) is 36.1 Å². The summed E-state index contributed by atoms with van der Waals surface area (Å²) in [6, 6.07) is 19.4. The molecule has 3 aromatic carbocycles. The van der Waals surface area contributed by atoms with Crippen LogP contribution in [0.25, 0.3) is 10.2 Å². The maximum Gasteiger partial charge on any atom is 0.264 e. The molecule has 0 N–H and O–H groups in total. The topological polar surface area (TPSA) is 83.1 Å². The molecule has 4 aromatic rings. The van der Waals surface area contributed by atoms with E-state index in [0.29, 0.717) is 29.5 Å². The number of aromatic nitrogens is 1. The zero-order chi connectivity index (χ0) is 29.0. The normalized spacial score (nSPS) is 14.3. The van der Waals surface area contributed by atoms with Crippen LogP contribution in [-0.4, -0.2) is 70.1 Å². The standard InChI is InChI=1S/C31H36N4O4S2/c1-4-35(26-9-6-5-7-10-26)41(37,38)27-15-13-25(14-16-27)30(36)34(18-8-17-33-19-21-39-22-20-33)31-32-28-23(2)11-12-24(3)29(28)40-31/h5-7,9-16H,4,8,17-22H2,1-3H3. The van der Waals surface area contributed by atoms with E-state index < -0.39 is 10.0 Å². The predicted octanol–water partition coefficient (Wildman–Crippen LogP) is 5.50. The lowest BCUT2D eigenvalue weighted by Gasteiger charge is -2.27. The second-order valence-corrected chi connectivity index (χ2v) is 13.0. The molecule has 1 aliphatic rings. The lowest BCUT2D eigenvalue weighted by atomic mass is 10.1. The van der Waals surface area contributed by atoms with E-state index in [1.165, 1.54) is 27.8 Å². The summed E-state index contributed by atoms with van der Waals surface area (Å²) in [5.41, 5.74) is 4.14. The number of amides is 1. The van der Waals surface area contributed by atoms with Crippen molar-refractivity contribution in [3.8, 4) is 0 Å². The molecule has 2 heterocycles. The van der Waals surface area contributed by atoms with E-state index in [-0.39, 0.29) is 10.8 Å². The molecule has 0 atom stereocenters. The molecular weight excluding hydrogens is 556 g/mol. The van der Waals surface area contributed by atoms with Gasteiger partial charge in [0, 0.05) is 38.3 Å². The van der Waals surface area contributed by atoms with Crippen molar-refractivity contribution in [2.75, 3.05) is 55.1 Å². The fourth-order valence-electron chi connectivity index (χ4n) is 5.06. The van der Waals surface area contributed by atoms with Crippen molar-refractivity contribution < 1.29 is 17.9 Å². The number of hydrogen-bond acceptors (Lipinski definition) is 7. The third-order valence-corrected chi connectivity index (χ3v) is 10.5. The first-order valence-corrected chi connectivity index (χ1v) is 16.2. The maximum atomic E-state index is 13.9. The van der Waals surface area contributed by atoms with Crippen LogP contribution in [0.4, 0.5) is 10.8 Å². The van der Waals surface area contributed by atoms with Crippen LogP contribution >= 0.6 is 11.3 Å². The first-order chi connectivity index (χ1) is 19.8. The van der Waals surface area contributed by atoms with Crippen LogP contribution in [0.5, 0.6) is 0 Å². The van der Waals surface area contributed by atoms with Crippen molar-refractivity contribution in [3.63, 3.8) is 0 Å². The molecule has 1 aliphatic heterocycles. The Labute approximate surface area is 246 Å². The molecule has 0 radical (unpaired) electrons. The molecule has 1 fully saturated rings. The van der Waals surface area contributed by atoms with Gasteiger partial charge >= 0.3 is 0 Å². The zero-order valence-electron chi connectivity index (χ0n) is 23.7. The molecule has 5 rings (SSSR count). The number of para-hydroxylation sites is 1. The molecule has 216 valence electrons. The Bertz CT molecular complexity index is 1560. The van der Waals surface area contributed by atoms with Crippen LogP contribution in [0, 0.1) is 13.8 Å². The van der Waals surface area contributed by atoms with Gasteiger partial charge in [0.15, 0.2) is 5.13 Å². The van der Waals surface area contributed by atoms with Crippen LogP contribution in [-0.2, 0) is 14.8 Å². The average molecular weight is 593 g/mol. The zero-order valence-corrected chi connectivity index (χ0v) is 25.4. The number of rotatable bonds is 10. The Morgan fingerprint density at radius 2 is 1.66 bits per heavy atom. The van der Waals surface area contributed by atoms with Gasteiger partial charge in [-0.05, 0) is 74.7 Å². The molecular formula is C31H36N4O4S2. The largest absolute Gasteiger partial charge is 0.379 e. The van der Waals surface area contributed by atoms with E-state index in [0.717, 1.165) is 60.6 Å². The second kappa shape index (κ2) is 12.7. The highest BCUT2D eigenvalue weighted by Crippen LogP contribution is 2.34. The molecule has 8 nitrogen and oxygen atoms in total. The summed E-state index contributed by atoms with van der Waals surface area (Å²) in [6.07, 6.45) is 0.786. The van der Waals surface area contributed by atoms with Gasteiger partial charge in [-0.2, -0.15) is 0 Å². The molecule has 0 bridgehead atoms. The number of morpholine rings is 1. The molecule has 1 saturated heterocycles. The molecule has 0 aliphatic carbocycles. The van der Waals surface area contributed by atoms with E-state index >= 15 is 0 Å². The van der Waals surface area contributed by atoms with Crippen LogP contribution in [0.1, 0.15) is 34.8 Å². The maximum absolute atomic E-state index is 13.9. The molecule has 0 saturated carbocycles. The number of anilines is 2. The Morgan fingerprint density at radius 1 is 0.976 bits per heavy atom. The summed E-state index contributed by atoms with van der Waals surface area (Å²) in [4.78, 5) is 23.1. The fourth-order valence-corrected chi connectivity index (χ4v) is 7.67. The lowest BCUT2D eigenvalue weighted by Crippen LogP contribution is -2.39. The van der Waals surface area contributed by atoms with Gasteiger partial charge in [0.05, 0.1) is 34.0 Å². The first-order valence-electron chi connectivity index (χ1n) is 14.0.